The van der Waals surface area contributed by atoms with Gasteiger partial charge in [-0.25, -0.2) is 18.7 Å². The van der Waals surface area contributed by atoms with Crippen LogP contribution in [0.2, 0.25) is 0 Å². The van der Waals surface area contributed by atoms with Crippen molar-refractivity contribution < 1.29 is 8.78 Å². The second kappa shape index (κ2) is 4.81. The predicted octanol–water partition coefficient (Wildman–Crippen LogP) is 2.54. The maximum absolute atomic E-state index is 12.4. The Bertz CT molecular complexity index is 284. The fourth-order valence-electron chi connectivity index (χ4n) is 0.797. The molecule has 0 aromatic carbocycles. The van der Waals surface area contributed by atoms with Crippen LogP contribution in [0.5, 0.6) is 0 Å². The van der Waals surface area contributed by atoms with Crippen molar-refractivity contribution in [1.29, 1.82) is 0 Å². The van der Waals surface area contributed by atoms with Crippen LogP contribution in [0.3, 0.4) is 0 Å². The van der Waals surface area contributed by atoms with E-state index in [1.165, 1.54) is 0 Å². The Labute approximate surface area is 94.5 Å². The van der Waals surface area contributed by atoms with Gasteiger partial charge < -0.3 is 5.32 Å². The maximum Gasteiger partial charge on any atom is 0.247 e. The van der Waals surface area contributed by atoms with E-state index in [9.17, 15) is 8.78 Å². The molecule has 1 rings (SSSR count). The third-order valence-electron chi connectivity index (χ3n) is 1.47. The lowest BCUT2D eigenvalue weighted by Crippen LogP contribution is -2.16. The van der Waals surface area contributed by atoms with Gasteiger partial charge in [-0.1, -0.05) is 0 Å². The number of halogens is 3. The van der Waals surface area contributed by atoms with Gasteiger partial charge in [-0.05, 0) is 29.5 Å². The molecule has 0 fully saturated rings. The third kappa shape index (κ3) is 4.64. The number of anilines is 1. The van der Waals surface area contributed by atoms with Gasteiger partial charge in [0, 0.05) is 28.9 Å². The summed E-state index contributed by atoms with van der Waals surface area (Å²) in [5.74, 6) is -2.26. The number of nitrogens with zero attached hydrogens (tertiary/aromatic N) is 2. The lowest BCUT2D eigenvalue weighted by atomic mass is 10.3. The van der Waals surface area contributed by atoms with Gasteiger partial charge in [-0.15, -0.1) is 0 Å². The van der Waals surface area contributed by atoms with Crippen LogP contribution in [0.25, 0.3) is 0 Å². The summed E-state index contributed by atoms with van der Waals surface area (Å²) in [5.41, 5.74) is 0. The van der Waals surface area contributed by atoms with Crippen molar-refractivity contribution >= 4 is 28.5 Å². The minimum atomic E-state index is -2.64. The molecule has 0 unspecified atom stereocenters. The zero-order valence-corrected chi connectivity index (χ0v) is 9.75. The van der Waals surface area contributed by atoms with Gasteiger partial charge in [0.05, 0.1) is 0 Å². The standard InChI is InChI=1S/C8H10F2IN3/c1-8(9,10)2-3-12-7-13-4-6(11)5-14-7/h4-5H,2-3H2,1H3,(H,12,13,14). The summed E-state index contributed by atoms with van der Waals surface area (Å²) in [6.45, 7) is 1.06. The Kier molecular flexibility index (Phi) is 3.97. The highest BCUT2D eigenvalue weighted by Crippen LogP contribution is 2.16. The highest BCUT2D eigenvalue weighted by Gasteiger charge is 2.19. The second-order valence-corrected chi connectivity index (χ2v) is 4.22. The van der Waals surface area contributed by atoms with Crippen LogP contribution in [0.15, 0.2) is 12.4 Å². The number of aromatic nitrogens is 2. The minimum absolute atomic E-state index is 0.171. The van der Waals surface area contributed by atoms with E-state index in [1.54, 1.807) is 12.4 Å². The lowest BCUT2D eigenvalue weighted by molar-refractivity contribution is 0.0166. The predicted molar refractivity (Wildman–Crippen MR) is 58.5 cm³/mol. The van der Waals surface area contributed by atoms with Gasteiger partial charge in [0.1, 0.15) is 0 Å². The summed E-state index contributed by atoms with van der Waals surface area (Å²) in [4.78, 5) is 7.85. The van der Waals surface area contributed by atoms with Gasteiger partial charge >= 0.3 is 0 Å². The van der Waals surface area contributed by atoms with Crippen LogP contribution in [0.4, 0.5) is 14.7 Å². The molecule has 0 radical (unpaired) electrons. The maximum atomic E-state index is 12.4. The van der Waals surface area contributed by atoms with Gasteiger partial charge in [0.15, 0.2) is 0 Å². The van der Waals surface area contributed by atoms with Crippen molar-refractivity contribution in [3.05, 3.63) is 16.0 Å². The highest BCUT2D eigenvalue weighted by atomic mass is 127. The smallest absolute Gasteiger partial charge is 0.247 e. The quantitative estimate of drug-likeness (QED) is 0.868. The molecule has 0 saturated carbocycles. The van der Waals surface area contributed by atoms with Gasteiger partial charge in [-0.2, -0.15) is 0 Å². The summed E-state index contributed by atoms with van der Waals surface area (Å²) in [6.07, 6.45) is 3.03. The molecule has 3 nitrogen and oxygen atoms in total. The van der Waals surface area contributed by atoms with Crippen molar-refractivity contribution in [2.75, 3.05) is 11.9 Å². The first kappa shape index (κ1) is 11.5. The normalized spacial score (nSPS) is 11.4. The fourth-order valence-corrected chi connectivity index (χ4v) is 1.08. The Morgan fingerprint density at radius 3 is 2.50 bits per heavy atom. The van der Waals surface area contributed by atoms with Crippen molar-refractivity contribution in [1.82, 2.24) is 9.97 Å². The fraction of sp³-hybridized carbons (Fsp3) is 0.500. The first-order valence-electron chi connectivity index (χ1n) is 4.07. The van der Waals surface area contributed by atoms with Crippen LogP contribution in [-0.4, -0.2) is 22.4 Å². The van der Waals surface area contributed by atoms with E-state index in [0.29, 0.717) is 5.95 Å². The molecule has 0 aliphatic heterocycles. The Morgan fingerprint density at radius 2 is 2.00 bits per heavy atom. The van der Waals surface area contributed by atoms with E-state index in [2.05, 4.69) is 37.9 Å². The van der Waals surface area contributed by atoms with E-state index in [4.69, 9.17) is 0 Å². The molecule has 0 bridgehead atoms. The van der Waals surface area contributed by atoms with Crippen LogP contribution in [0, 0.1) is 3.57 Å². The third-order valence-corrected chi connectivity index (χ3v) is 2.02. The molecule has 1 N–H and O–H groups in total. The van der Waals surface area contributed by atoms with E-state index in [-0.39, 0.29) is 13.0 Å². The van der Waals surface area contributed by atoms with Crippen molar-refractivity contribution in [3.8, 4) is 0 Å². The lowest BCUT2D eigenvalue weighted by Gasteiger charge is -2.10. The molecule has 0 spiro atoms. The van der Waals surface area contributed by atoms with Gasteiger partial charge in [0.25, 0.3) is 0 Å². The summed E-state index contributed by atoms with van der Waals surface area (Å²) < 4.78 is 25.7. The Hall–Kier alpha value is -0.530. The van der Waals surface area contributed by atoms with Gasteiger partial charge in [-0.3, -0.25) is 0 Å². The molecule has 6 heteroatoms. The van der Waals surface area contributed by atoms with E-state index in [1.807, 2.05) is 0 Å². The van der Waals surface area contributed by atoms with Crippen molar-refractivity contribution in [3.63, 3.8) is 0 Å². The highest BCUT2D eigenvalue weighted by molar-refractivity contribution is 14.1. The number of hydrogen-bond donors (Lipinski definition) is 1. The molecule has 0 amide bonds. The Balaban J connectivity index is 2.35. The van der Waals surface area contributed by atoms with Crippen molar-refractivity contribution in [2.24, 2.45) is 0 Å². The summed E-state index contributed by atoms with van der Waals surface area (Å²) in [6, 6.07) is 0. The monoisotopic (exact) mass is 313 g/mol. The molecular formula is C8H10F2IN3. The average Bonchev–Trinajstić information content (AvgIpc) is 2.06. The summed E-state index contributed by atoms with van der Waals surface area (Å²) in [7, 11) is 0. The number of alkyl halides is 2. The van der Waals surface area contributed by atoms with E-state index in [0.717, 1.165) is 10.5 Å². The first-order valence-corrected chi connectivity index (χ1v) is 5.14. The topological polar surface area (TPSA) is 37.8 Å². The first-order chi connectivity index (χ1) is 6.47. The molecule has 78 valence electrons. The molecule has 1 aromatic rings. The summed E-state index contributed by atoms with van der Waals surface area (Å²) >= 11 is 2.07. The minimum Gasteiger partial charge on any atom is -0.354 e. The molecule has 1 aromatic heterocycles. The largest absolute Gasteiger partial charge is 0.354 e. The summed E-state index contributed by atoms with van der Waals surface area (Å²) in [5, 5.41) is 2.72. The molecule has 0 aliphatic rings. The molecule has 14 heavy (non-hydrogen) atoms. The van der Waals surface area contributed by atoms with Crippen LogP contribution in [0.1, 0.15) is 13.3 Å². The van der Waals surface area contributed by atoms with Gasteiger partial charge in [0.2, 0.25) is 11.9 Å². The molecule has 0 aliphatic carbocycles. The van der Waals surface area contributed by atoms with Crippen LogP contribution < -0.4 is 5.32 Å². The Morgan fingerprint density at radius 1 is 1.43 bits per heavy atom. The van der Waals surface area contributed by atoms with Crippen LogP contribution in [-0.2, 0) is 0 Å². The zero-order chi connectivity index (χ0) is 10.6. The van der Waals surface area contributed by atoms with E-state index < -0.39 is 5.92 Å². The molecular weight excluding hydrogens is 303 g/mol. The zero-order valence-electron chi connectivity index (χ0n) is 7.60. The molecule has 0 atom stereocenters. The second-order valence-electron chi connectivity index (χ2n) is 2.97. The number of hydrogen-bond acceptors (Lipinski definition) is 3. The number of nitrogens with one attached hydrogen (secondary N) is 1. The average molecular weight is 313 g/mol. The number of rotatable bonds is 4. The van der Waals surface area contributed by atoms with E-state index >= 15 is 0 Å². The van der Waals surface area contributed by atoms with Crippen molar-refractivity contribution in [2.45, 2.75) is 19.3 Å². The van der Waals surface area contributed by atoms with Crippen LogP contribution >= 0.6 is 22.6 Å². The molecule has 1 heterocycles. The molecule has 0 saturated heterocycles. The SMILES string of the molecule is CC(F)(F)CCNc1ncc(I)cn1.